The van der Waals surface area contributed by atoms with Gasteiger partial charge in [0.2, 0.25) is 5.91 Å². The molecule has 2 saturated heterocycles. The molecule has 174 valence electrons. The first-order chi connectivity index (χ1) is 15.7. The number of likely N-dealkylation sites (tertiary alicyclic amines) is 2. The smallest absolute Gasteiger partial charge is 0.228 e. The molecule has 0 bridgehead atoms. The van der Waals surface area contributed by atoms with Crippen LogP contribution in [0.3, 0.4) is 0 Å². The third-order valence-corrected chi connectivity index (χ3v) is 7.64. The van der Waals surface area contributed by atoms with Crippen molar-refractivity contribution in [3.8, 4) is 22.1 Å². The van der Waals surface area contributed by atoms with Gasteiger partial charge in [-0.15, -0.1) is 11.3 Å². The van der Waals surface area contributed by atoms with Crippen molar-refractivity contribution in [2.24, 2.45) is 5.92 Å². The van der Waals surface area contributed by atoms with Crippen LogP contribution in [-0.2, 0) is 11.2 Å². The highest BCUT2D eigenvalue weighted by atomic mass is 32.1. The average molecular weight is 458 g/mol. The summed E-state index contributed by atoms with van der Waals surface area (Å²) in [4.78, 5) is 22.3. The number of hydrogen-bond donors (Lipinski definition) is 0. The second-order valence-electron chi connectivity index (χ2n) is 8.93. The standard InChI is InChI=1S/C25H35N3O3S/c1-30-22-8-7-20(15-23(22)31-2)25-26-21(18-32-25)16-24(29)28-13-9-19(10-14-28)17-27-11-5-3-4-6-12-27/h7-8,15,18-19H,3-6,9-14,16-17H2,1-2H3. The van der Waals surface area contributed by atoms with Crippen molar-refractivity contribution < 1.29 is 14.3 Å². The van der Waals surface area contributed by atoms with Gasteiger partial charge >= 0.3 is 0 Å². The number of ether oxygens (including phenoxy) is 2. The highest BCUT2D eigenvalue weighted by molar-refractivity contribution is 7.13. The number of piperidine rings is 1. The first kappa shape index (κ1) is 23.1. The zero-order chi connectivity index (χ0) is 22.3. The molecular weight excluding hydrogens is 422 g/mol. The van der Waals surface area contributed by atoms with Crippen molar-refractivity contribution in [2.45, 2.75) is 44.9 Å². The fraction of sp³-hybridized carbons (Fsp3) is 0.600. The first-order valence-corrected chi connectivity index (χ1v) is 12.7. The average Bonchev–Trinajstić information content (AvgIpc) is 3.14. The number of methoxy groups -OCH3 is 2. The minimum absolute atomic E-state index is 0.197. The van der Waals surface area contributed by atoms with Crippen LogP contribution in [0.5, 0.6) is 11.5 Å². The van der Waals surface area contributed by atoms with Crippen molar-refractivity contribution in [3.63, 3.8) is 0 Å². The summed E-state index contributed by atoms with van der Waals surface area (Å²) in [7, 11) is 3.26. The van der Waals surface area contributed by atoms with Gasteiger partial charge in [-0.05, 0) is 62.9 Å². The van der Waals surface area contributed by atoms with Gasteiger partial charge in [0.25, 0.3) is 0 Å². The highest BCUT2D eigenvalue weighted by Crippen LogP contribution is 2.33. The van der Waals surface area contributed by atoms with Crippen LogP contribution in [0.15, 0.2) is 23.6 Å². The number of rotatable bonds is 7. The van der Waals surface area contributed by atoms with E-state index in [1.54, 1.807) is 25.6 Å². The topological polar surface area (TPSA) is 54.9 Å². The Hall–Kier alpha value is -2.12. The molecule has 0 atom stereocenters. The van der Waals surface area contributed by atoms with Crippen molar-refractivity contribution in [1.82, 2.24) is 14.8 Å². The quantitative estimate of drug-likeness (QED) is 0.613. The molecule has 2 fully saturated rings. The van der Waals surface area contributed by atoms with E-state index in [1.807, 2.05) is 28.5 Å². The molecule has 0 spiro atoms. The Morgan fingerprint density at radius 2 is 1.75 bits per heavy atom. The maximum absolute atomic E-state index is 12.9. The second kappa shape index (κ2) is 11.1. The zero-order valence-corrected chi connectivity index (χ0v) is 20.2. The largest absolute Gasteiger partial charge is 0.493 e. The third-order valence-electron chi connectivity index (χ3n) is 6.70. The number of hydrogen-bond acceptors (Lipinski definition) is 6. The molecule has 32 heavy (non-hydrogen) atoms. The molecule has 0 radical (unpaired) electrons. The number of nitrogens with zero attached hydrogens (tertiary/aromatic N) is 3. The zero-order valence-electron chi connectivity index (χ0n) is 19.3. The van der Waals surface area contributed by atoms with Crippen molar-refractivity contribution in [1.29, 1.82) is 0 Å². The van der Waals surface area contributed by atoms with E-state index >= 15 is 0 Å². The van der Waals surface area contributed by atoms with Crippen molar-refractivity contribution in [2.75, 3.05) is 46.9 Å². The minimum atomic E-state index is 0.197. The van der Waals surface area contributed by atoms with E-state index in [-0.39, 0.29) is 5.91 Å². The summed E-state index contributed by atoms with van der Waals surface area (Å²) in [5.41, 5.74) is 1.82. The van der Waals surface area contributed by atoms with E-state index in [2.05, 4.69) is 4.90 Å². The Balaban J connectivity index is 1.28. The van der Waals surface area contributed by atoms with Crippen LogP contribution >= 0.6 is 11.3 Å². The second-order valence-corrected chi connectivity index (χ2v) is 9.79. The normalized spacial score (nSPS) is 18.4. The number of thiazole rings is 1. The Morgan fingerprint density at radius 1 is 1.03 bits per heavy atom. The number of carbonyl (C=O) groups excluding carboxylic acids is 1. The molecule has 2 aliphatic heterocycles. The summed E-state index contributed by atoms with van der Waals surface area (Å²) < 4.78 is 10.7. The molecule has 3 heterocycles. The van der Waals surface area contributed by atoms with Gasteiger partial charge in [-0.1, -0.05) is 12.8 Å². The molecule has 6 nitrogen and oxygen atoms in total. The van der Waals surface area contributed by atoms with E-state index in [1.165, 1.54) is 45.3 Å². The molecule has 0 unspecified atom stereocenters. The first-order valence-electron chi connectivity index (χ1n) is 11.8. The van der Waals surface area contributed by atoms with E-state index in [9.17, 15) is 4.79 Å². The number of amides is 1. The lowest BCUT2D eigenvalue weighted by Crippen LogP contribution is -2.42. The minimum Gasteiger partial charge on any atom is -0.493 e. The Labute approximate surface area is 195 Å². The molecule has 1 aromatic carbocycles. The van der Waals surface area contributed by atoms with E-state index in [4.69, 9.17) is 14.5 Å². The van der Waals surface area contributed by atoms with Crippen molar-refractivity contribution >= 4 is 17.2 Å². The lowest BCUT2D eigenvalue weighted by molar-refractivity contribution is -0.132. The lowest BCUT2D eigenvalue weighted by atomic mass is 9.95. The summed E-state index contributed by atoms with van der Waals surface area (Å²) in [6.45, 7) is 5.48. The molecule has 2 aromatic rings. The molecule has 4 rings (SSSR count). The van der Waals surface area contributed by atoms with Crippen LogP contribution in [0.2, 0.25) is 0 Å². The predicted octanol–water partition coefficient (Wildman–Crippen LogP) is 4.48. The maximum atomic E-state index is 12.9. The molecule has 0 N–H and O–H groups in total. The summed E-state index contributed by atoms with van der Waals surface area (Å²) >= 11 is 1.56. The van der Waals surface area contributed by atoms with Crippen LogP contribution in [0.25, 0.3) is 10.6 Å². The van der Waals surface area contributed by atoms with Crippen molar-refractivity contribution in [3.05, 3.63) is 29.3 Å². The molecule has 1 amide bonds. The van der Waals surface area contributed by atoms with Crippen LogP contribution in [0, 0.1) is 5.92 Å². The molecule has 0 aliphatic carbocycles. The SMILES string of the molecule is COc1ccc(-c2nc(CC(=O)N3CCC(CN4CCCCCC4)CC3)cs2)cc1OC. The van der Waals surface area contributed by atoms with Gasteiger partial charge in [0.1, 0.15) is 5.01 Å². The van der Waals surface area contributed by atoms with Crippen LogP contribution in [0.4, 0.5) is 0 Å². The van der Waals surface area contributed by atoms with Gasteiger partial charge in [-0.3, -0.25) is 4.79 Å². The van der Waals surface area contributed by atoms with E-state index < -0.39 is 0 Å². The lowest BCUT2D eigenvalue weighted by Gasteiger charge is -2.34. The molecular formula is C25H35N3O3S. The van der Waals surface area contributed by atoms with Crippen LogP contribution in [0.1, 0.15) is 44.2 Å². The van der Waals surface area contributed by atoms with E-state index in [0.29, 0.717) is 17.9 Å². The van der Waals surface area contributed by atoms with Gasteiger partial charge < -0.3 is 19.3 Å². The van der Waals surface area contributed by atoms with Gasteiger partial charge in [-0.25, -0.2) is 4.98 Å². The van der Waals surface area contributed by atoms with Gasteiger partial charge in [0, 0.05) is 30.6 Å². The van der Waals surface area contributed by atoms with Gasteiger partial charge in [0.15, 0.2) is 11.5 Å². The Morgan fingerprint density at radius 3 is 2.44 bits per heavy atom. The highest BCUT2D eigenvalue weighted by Gasteiger charge is 2.25. The number of aromatic nitrogens is 1. The predicted molar refractivity (Wildman–Crippen MR) is 129 cm³/mol. The molecule has 7 heteroatoms. The summed E-state index contributed by atoms with van der Waals surface area (Å²) in [6, 6.07) is 5.79. The van der Waals surface area contributed by atoms with E-state index in [0.717, 1.165) is 48.1 Å². The van der Waals surface area contributed by atoms with Gasteiger partial charge in [0.05, 0.1) is 26.3 Å². The fourth-order valence-electron chi connectivity index (χ4n) is 4.81. The summed E-state index contributed by atoms with van der Waals surface area (Å²) in [6.07, 6.45) is 8.07. The molecule has 2 aliphatic rings. The Bertz CT molecular complexity index is 884. The van der Waals surface area contributed by atoms with Crippen LogP contribution < -0.4 is 9.47 Å². The third kappa shape index (κ3) is 5.81. The monoisotopic (exact) mass is 457 g/mol. The summed E-state index contributed by atoms with van der Waals surface area (Å²) in [5.74, 6) is 2.30. The number of benzene rings is 1. The Kier molecular flexibility index (Phi) is 8.03. The summed E-state index contributed by atoms with van der Waals surface area (Å²) in [5, 5.41) is 2.89. The van der Waals surface area contributed by atoms with Crippen LogP contribution in [-0.4, -0.2) is 67.6 Å². The molecule has 1 aromatic heterocycles. The number of carbonyl (C=O) groups is 1. The van der Waals surface area contributed by atoms with Gasteiger partial charge in [-0.2, -0.15) is 0 Å². The maximum Gasteiger partial charge on any atom is 0.228 e. The fourth-order valence-corrected chi connectivity index (χ4v) is 5.62. The molecule has 0 saturated carbocycles.